The first-order valence-corrected chi connectivity index (χ1v) is 27.0. The van der Waals surface area contributed by atoms with Crippen molar-refractivity contribution < 1.29 is 22.4 Å². The standard InChI is InChI=1S/C39H41.C12H11Si.Zr/c1-8-13-27-21-33-30(25-14-10-9-11-15-25)16-12-17-31(33)37(27)36-24-29(39(5,6)7)23-35-32-22-28(38(2,3)4)19-18-26(32)20-34(35)36;1-3-7-11(8-4-1)13-12-9-5-2-6-10-12;/h9-12,14-24,37H,8,13H2,1-7H3;1-10,13H;. The molecular formula is C51H52SiZr. The summed E-state index contributed by atoms with van der Waals surface area (Å²) in [5.74, 6) is -1.20. The Balaban J connectivity index is 1.40. The molecule has 2 aliphatic carbocycles. The average Bonchev–Trinajstić information content (AvgIpc) is 3.68. The molecule has 6 aromatic carbocycles. The Labute approximate surface area is 330 Å². The quantitative estimate of drug-likeness (QED) is 0.135. The molecule has 2 heteroatoms. The van der Waals surface area contributed by atoms with E-state index in [9.17, 15) is 0 Å². The zero-order chi connectivity index (χ0) is 36.9. The molecule has 264 valence electrons. The van der Waals surface area contributed by atoms with E-state index in [1.54, 1.807) is 32.6 Å². The first-order valence-electron chi connectivity index (χ1n) is 19.6. The van der Waals surface area contributed by atoms with Crippen molar-refractivity contribution in [2.45, 2.75) is 81.7 Å². The van der Waals surface area contributed by atoms with E-state index in [1.807, 2.05) is 0 Å². The van der Waals surface area contributed by atoms with Gasteiger partial charge in [-0.15, -0.1) is 0 Å². The molecule has 0 amide bonds. The first kappa shape index (κ1) is 36.2. The van der Waals surface area contributed by atoms with Gasteiger partial charge in [-0.2, -0.15) is 0 Å². The number of fused-ring (bicyclic) bond motifs is 4. The molecule has 6 aromatic rings. The molecular weight excluding hydrogens is 732 g/mol. The Morgan fingerprint density at radius 1 is 0.547 bits per heavy atom. The van der Waals surface area contributed by atoms with Crippen molar-refractivity contribution in [3.05, 3.63) is 184 Å². The third kappa shape index (κ3) is 6.88. The van der Waals surface area contributed by atoms with Crippen LogP contribution in [0.5, 0.6) is 0 Å². The van der Waals surface area contributed by atoms with E-state index in [0.29, 0.717) is 3.63 Å². The topological polar surface area (TPSA) is 0 Å². The van der Waals surface area contributed by atoms with Crippen molar-refractivity contribution in [3.8, 4) is 22.3 Å². The van der Waals surface area contributed by atoms with Gasteiger partial charge in [-0.05, 0) is 0 Å². The SMILES string of the molecule is CCCC1=Cc2c(-c3ccccc3)cccc2C1c1cc(C(C)(C)C)cc2c1[CH]([Zr][SiH](c1ccccc1)c1ccccc1)c1ccc(C(C)(C)C)cc1-2. The molecule has 0 bridgehead atoms. The molecule has 0 N–H and O–H groups in total. The van der Waals surface area contributed by atoms with Gasteiger partial charge in [0.15, 0.2) is 0 Å². The normalized spacial score (nSPS) is 16.3. The molecule has 0 spiro atoms. The number of allylic oxidation sites excluding steroid dienone is 1. The molecule has 0 aliphatic heterocycles. The van der Waals surface area contributed by atoms with Crippen molar-refractivity contribution in [2.24, 2.45) is 0 Å². The molecule has 0 nitrogen and oxygen atoms in total. The van der Waals surface area contributed by atoms with Crippen molar-refractivity contribution in [3.63, 3.8) is 0 Å². The Bertz CT molecular complexity index is 2250. The van der Waals surface area contributed by atoms with Crippen LogP contribution in [0.3, 0.4) is 0 Å². The van der Waals surface area contributed by atoms with E-state index in [2.05, 4.69) is 194 Å². The van der Waals surface area contributed by atoms with Crippen LogP contribution >= 0.6 is 0 Å². The van der Waals surface area contributed by atoms with Crippen LogP contribution in [0, 0.1) is 0 Å². The first-order chi connectivity index (χ1) is 25.5. The van der Waals surface area contributed by atoms with Gasteiger partial charge in [-0.25, -0.2) is 0 Å². The van der Waals surface area contributed by atoms with Gasteiger partial charge in [-0.1, -0.05) is 0 Å². The van der Waals surface area contributed by atoms with E-state index in [-0.39, 0.29) is 16.7 Å². The van der Waals surface area contributed by atoms with E-state index in [1.165, 1.54) is 44.5 Å². The summed E-state index contributed by atoms with van der Waals surface area (Å²) in [6, 6.07) is 54.2. The number of hydrogen-bond donors (Lipinski definition) is 0. The Hall–Kier alpha value is -3.84. The molecule has 2 aliphatic rings. The van der Waals surface area contributed by atoms with Gasteiger partial charge in [0.1, 0.15) is 0 Å². The van der Waals surface area contributed by atoms with Gasteiger partial charge < -0.3 is 0 Å². The fourth-order valence-electron chi connectivity index (χ4n) is 8.78. The molecule has 0 radical (unpaired) electrons. The monoisotopic (exact) mass is 782 g/mol. The third-order valence-electron chi connectivity index (χ3n) is 11.6. The number of benzene rings is 6. The molecule has 2 unspecified atom stereocenters. The predicted octanol–water partition coefficient (Wildman–Crippen LogP) is 12.0. The maximum absolute atomic E-state index is 2.67. The summed E-state index contributed by atoms with van der Waals surface area (Å²) in [6.45, 7) is 16.7. The van der Waals surface area contributed by atoms with Crippen molar-refractivity contribution >= 4 is 22.4 Å². The second-order valence-electron chi connectivity index (χ2n) is 17.3. The summed E-state index contributed by atoms with van der Waals surface area (Å²) in [7, 11) is 0. The van der Waals surface area contributed by atoms with Crippen LogP contribution in [0.1, 0.15) is 110 Å². The summed E-state index contributed by atoms with van der Waals surface area (Å²) in [6.07, 6.45) is 4.84. The fourth-order valence-corrected chi connectivity index (χ4v) is 23.5. The summed E-state index contributed by atoms with van der Waals surface area (Å²) in [5, 5.41) is 3.20. The Kier molecular flexibility index (Phi) is 9.84. The molecule has 8 rings (SSSR count). The van der Waals surface area contributed by atoms with Crippen LogP contribution in [-0.4, -0.2) is 5.92 Å². The van der Waals surface area contributed by atoms with Crippen molar-refractivity contribution in [1.82, 2.24) is 0 Å². The van der Waals surface area contributed by atoms with Crippen LogP contribution in [0.25, 0.3) is 28.3 Å². The summed E-state index contributed by atoms with van der Waals surface area (Å²) in [4.78, 5) is 0. The van der Waals surface area contributed by atoms with E-state index in [0.717, 1.165) is 12.8 Å². The Morgan fingerprint density at radius 3 is 1.75 bits per heavy atom. The van der Waals surface area contributed by atoms with Crippen molar-refractivity contribution in [2.75, 3.05) is 0 Å². The zero-order valence-corrected chi connectivity index (χ0v) is 36.1. The minimum atomic E-state index is -1.46. The average molecular weight is 784 g/mol. The van der Waals surface area contributed by atoms with Crippen LogP contribution in [0.4, 0.5) is 0 Å². The molecule has 53 heavy (non-hydrogen) atoms. The van der Waals surface area contributed by atoms with E-state index < -0.39 is 28.3 Å². The second kappa shape index (κ2) is 14.4. The number of hydrogen-bond acceptors (Lipinski definition) is 0. The van der Waals surface area contributed by atoms with Crippen LogP contribution in [-0.2, 0) is 33.2 Å². The maximum atomic E-state index is 2.67. The van der Waals surface area contributed by atoms with Gasteiger partial charge in [0, 0.05) is 0 Å². The van der Waals surface area contributed by atoms with E-state index in [4.69, 9.17) is 0 Å². The van der Waals surface area contributed by atoms with Crippen LogP contribution in [0.2, 0.25) is 0 Å². The fraction of sp³-hybridized carbons (Fsp3) is 0.255. The van der Waals surface area contributed by atoms with Crippen LogP contribution < -0.4 is 10.4 Å². The van der Waals surface area contributed by atoms with Gasteiger partial charge in [0.2, 0.25) is 0 Å². The van der Waals surface area contributed by atoms with Crippen LogP contribution in [0.15, 0.2) is 145 Å². The molecule has 0 aromatic heterocycles. The molecule has 2 atom stereocenters. The molecule has 0 saturated heterocycles. The van der Waals surface area contributed by atoms with Crippen molar-refractivity contribution in [1.29, 1.82) is 0 Å². The number of rotatable bonds is 8. The minimum absolute atomic E-state index is 0.0248. The van der Waals surface area contributed by atoms with Gasteiger partial charge >= 0.3 is 333 Å². The Morgan fingerprint density at radius 2 is 1.15 bits per heavy atom. The second-order valence-corrected chi connectivity index (χ2v) is 27.9. The predicted molar refractivity (Wildman–Crippen MR) is 227 cm³/mol. The van der Waals surface area contributed by atoms with Gasteiger partial charge in [0.25, 0.3) is 0 Å². The van der Waals surface area contributed by atoms with Gasteiger partial charge in [0.05, 0.1) is 0 Å². The zero-order valence-electron chi connectivity index (χ0n) is 32.5. The van der Waals surface area contributed by atoms with E-state index >= 15 is 0 Å². The molecule has 0 heterocycles. The molecule has 0 saturated carbocycles. The summed E-state index contributed by atoms with van der Waals surface area (Å²) in [5.41, 5.74) is 18.0. The summed E-state index contributed by atoms with van der Waals surface area (Å²) >= 11 is -1.10. The molecule has 0 fully saturated rings. The third-order valence-corrected chi connectivity index (χ3v) is 25.6. The van der Waals surface area contributed by atoms with Gasteiger partial charge in [-0.3, -0.25) is 0 Å². The summed E-state index contributed by atoms with van der Waals surface area (Å²) < 4.78 is 0.489.